The Morgan fingerprint density at radius 2 is 2.00 bits per heavy atom. The summed E-state index contributed by atoms with van der Waals surface area (Å²) in [6, 6.07) is 11.3. The van der Waals surface area contributed by atoms with E-state index >= 15 is 0 Å². The van der Waals surface area contributed by atoms with Crippen LogP contribution in [-0.2, 0) is 9.59 Å². The second-order valence-electron chi connectivity index (χ2n) is 7.37. The Balaban J connectivity index is 1.93. The molecular weight excluding hydrogens is 508 g/mol. The van der Waals surface area contributed by atoms with E-state index in [9.17, 15) is 9.59 Å². The van der Waals surface area contributed by atoms with Crippen molar-refractivity contribution < 1.29 is 24.2 Å². The molecule has 1 fully saturated rings. The van der Waals surface area contributed by atoms with Crippen molar-refractivity contribution in [3.63, 3.8) is 0 Å². The smallest absolute Gasteiger partial charge is 0.341 e. The molecule has 174 valence electrons. The minimum atomic E-state index is -1.09. The van der Waals surface area contributed by atoms with Gasteiger partial charge in [-0.25, -0.2) is 9.79 Å². The molecule has 1 N–H and O–H groups in total. The Hall–Kier alpha value is -2.78. The molecule has 0 aliphatic carbocycles. The highest BCUT2D eigenvalue weighted by atomic mass is 79.9. The topological polar surface area (TPSA) is 88.4 Å². The van der Waals surface area contributed by atoms with Gasteiger partial charge in [-0.2, -0.15) is 0 Å². The van der Waals surface area contributed by atoms with E-state index in [0.717, 1.165) is 24.1 Å². The molecule has 1 heterocycles. The number of methoxy groups -OCH3 is 1. The Labute approximate surface area is 205 Å². The fraction of sp³-hybridized carbons (Fsp3) is 0.292. The normalized spacial score (nSPS) is 16.0. The highest BCUT2D eigenvalue weighted by Crippen LogP contribution is 2.39. The molecule has 3 rings (SSSR count). The third-order valence-corrected chi connectivity index (χ3v) is 6.37. The van der Waals surface area contributed by atoms with Crippen molar-refractivity contribution in [2.45, 2.75) is 26.7 Å². The van der Waals surface area contributed by atoms with Crippen LogP contribution in [-0.4, -0.2) is 47.3 Å². The number of ether oxygens (including phenoxy) is 2. The van der Waals surface area contributed by atoms with Crippen LogP contribution in [0.1, 0.15) is 30.9 Å². The van der Waals surface area contributed by atoms with Crippen LogP contribution in [0.3, 0.4) is 0 Å². The number of benzene rings is 2. The third-order valence-electron chi connectivity index (χ3n) is 4.77. The number of unbranched alkanes of at least 4 members (excludes halogenated alkanes) is 1. The molecule has 2 aromatic carbocycles. The number of amides is 1. The number of carboxylic acid groups (broad SMARTS) is 1. The number of hydrogen-bond donors (Lipinski definition) is 1. The van der Waals surface area contributed by atoms with Crippen LogP contribution in [0, 0.1) is 6.92 Å². The van der Waals surface area contributed by atoms with Gasteiger partial charge in [0.1, 0.15) is 0 Å². The van der Waals surface area contributed by atoms with Crippen molar-refractivity contribution in [2.24, 2.45) is 4.99 Å². The van der Waals surface area contributed by atoms with Gasteiger partial charge >= 0.3 is 5.97 Å². The molecular formula is C24H25BrN2O5S. The van der Waals surface area contributed by atoms with Gasteiger partial charge in [-0.15, -0.1) is 0 Å². The number of carboxylic acids is 1. The second kappa shape index (κ2) is 11.4. The number of carbonyl (C=O) groups is 2. The van der Waals surface area contributed by atoms with E-state index < -0.39 is 12.6 Å². The number of amidine groups is 1. The van der Waals surface area contributed by atoms with Crippen LogP contribution >= 0.6 is 27.7 Å². The van der Waals surface area contributed by atoms with Crippen LogP contribution in [0.5, 0.6) is 11.5 Å². The number of aliphatic imine (C=N–C) groups is 1. The van der Waals surface area contributed by atoms with E-state index in [1.165, 1.54) is 18.9 Å². The zero-order valence-electron chi connectivity index (χ0n) is 18.6. The summed E-state index contributed by atoms with van der Waals surface area (Å²) >= 11 is 4.74. The molecule has 1 aliphatic heterocycles. The Morgan fingerprint density at radius 1 is 1.27 bits per heavy atom. The zero-order chi connectivity index (χ0) is 24.0. The number of rotatable bonds is 9. The summed E-state index contributed by atoms with van der Waals surface area (Å²) in [6.07, 6.45) is 3.62. The van der Waals surface area contributed by atoms with Gasteiger partial charge in [0.25, 0.3) is 5.91 Å². The summed E-state index contributed by atoms with van der Waals surface area (Å²) in [5.74, 6) is -0.528. The van der Waals surface area contributed by atoms with Crippen molar-refractivity contribution in [1.82, 2.24) is 4.90 Å². The molecule has 1 amide bonds. The quantitative estimate of drug-likeness (QED) is 0.420. The summed E-state index contributed by atoms with van der Waals surface area (Å²) in [4.78, 5) is 31.0. The molecule has 33 heavy (non-hydrogen) atoms. The largest absolute Gasteiger partial charge is 0.493 e. The predicted molar refractivity (Wildman–Crippen MR) is 134 cm³/mol. The zero-order valence-corrected chi connectivity index (χ0v) is 21.0. The number of nitrogens with zero attached hydrogens (tertiary/aromatic N) is 2. The highest BCUT2D eigenvalue weighted by molar-refractivity contribution is 9.10. The first-order valence-electron chi connectivity index (χ1n) is 10.4. The molecule has 0 saturated carbocycles. The van der Waals surface area contributed by atoms with Crippen LogP contribution < -0.4 is 9.47 Å². The molecule has 7 nitrogen and oxygen atoms in total. The van der Waals surface area contributed by atoms with E-state index in [0.29, 0.717) is 38.2 Å². The first-order valence-corrected chi connectivity index (χ1v) is 12.0. The number of hydrogen-bond acceptors (Lipinski definition) is 6. The molecule has 1 aliphatic rings. The van der Waals surface area contributed by atoms with Crippen molar-refractivity contribution in [3.8, 4) is 11.5 Å². The standard InChI is InChI=1S/C24H25BrN2O5S/c1-4-5-10-27-23(30)20(33-24(27)26-17-8-6-15(2)7-9-17)13-16-11-18(25)22(19(12-16)31-3)32-14-21(28)29/h6-9,11-13H,4-5,10,14H2,1-3H3,(H,28,29)/b20-13+,26-24?. The fourth-order valence-electron chi connectivity index (χ4n) is 3.08. The van der Waals surface area contributed by atoms with Gasteiger partial charge in [0.15, 0.2) is 23.3 Å². The summed E-state index contributed by atoms with van der Waals surface area (Å²) in [7, 11) is 1.47. The van der Waals surface area contributed by atoms with Crippen molar-refractivity contribution in [2.75, 3.05) is 20.3 Å². The third kappa shape index (κ3) is 6.39. The monoisotopic (exact) mass is 532 g/mol. The Kier molecular flexibility index (Phi) is 8.57. The summed E-state index contributed by atoms with van der Waals surface area (Å²) < 4.78 is 11.2. The SMILES string of the molecule is CCCCN1C(=O)/C(=C\c2cc(Br)c(OCC(=O)O)c(OC)c2)SC1=Nc1ccc(C)cc1. The lowest BCUT2D eigenvalue weighted by Gasteiger charge is -2.15. The average Bonchev–Trinajstić information content (AvgIpc) is 3.06. The Bertz CT molecular complexity index is 1100. The lowest BCUT2D eigenvalue weighted by Crippen LogP contribution is -2.30. The van der Waals surface area contributed by atoms with Gasteiger partial charge in [-0.1, -0.05) is 31.0 Å². The van der Waals surface area contributed by atoms with E-state index in [1.54, 1.807) is 23.1 Å². The van der Waals surface area contributed by atoms with Gasteiger partial charge < -0.3 is 14.6 Å². The minimum Gasteiger partial charge on any atom is -0.493 e. The van der Waals surface area contributed by atoms with Gasteiger partial charge in [-0.3, -0.25) is 9.69 Å². The number of halogens is 1. The summed E-state index contributed by atoms with van der Waals surface area (Å²) in [5.41, 5.74) is 2.65. The predicted octanol–water partition coefficient (Wildman–Crippen LogP) is 5.63. The number of aliphatic carboxylic acids is 1. The molecule has 0 radical (unpaired) electrons. The molecule has 0 spiro atoms. The first-order chi connectivity index (χ1) is 15.8. The number of aryl methyl sites for hydroxylation is 1. The molecule has 2 aromatic rings. The molecule has 1 saturated heterocycles. The van der Waals surface area contributed by atoms with Crippen LogP contribution in [0.15, 0.2) is 50.8 Å². The first kappa shape index (κ1) is 24.9. The van der Waals surface area contributed by atoms with E-state index in [-0.39, 0.29) is 5.91 Å². The van der Waals surface area contributed by atoms with Crippen molar-refractivity contribution >= 4 is 56.5 Å². The van der Waals surface area contributed by atoms with E-state index in [2.05, 4.69) is 22.9 Å². The lowest BCUT2D eigenvalue weighted by molar-refractivity contribution is -0.139. The van der Waals surface area contributed by atoms with Gasteiger partial charge in [-0.05, 0) is 76.9 Å². The Morgan fingerprint density at radius 3 is 2.64 bits per heavy atom. The maximum absolute atomic E-state index is 13.2. The van der Waals surface area contributed by atoms with Crippen molar-refractivity contribution in [1.29, 1.82) is 0 Å². The maximum Gasteiger partial charge on any atom is 0.341 e. The van der Waals surface area contributed by atoms with Crippen LogP contribution in [0.4, 0.5) is 5.69 Å². The van der Waals surface area contributed by atoms with Gasteiger partial charge in [0.2, 0.25) is 0 Å². The molecule has 0 atom stereocenters. The van der Waals surface area contributed by atoms with Gasteiger partial charge in [0.05, 0.1) is 22.2 Å². The van der Waals surface area contributed by atoms with Crippen LogP contribution in [0.25, 0.3) is 6.08 Å². The lowest BCUT2D eigenvalue weighted by atomic mass is 10.2. The van der Waals surface area contributed by atoms with E-state index in [4.69, 9.17) is 19.6 Å². The minimum absolute atomic E-state index is 0.0967. The summed E-state index contributed by atoms with van der Waals surface area (Å²) in [5, 5.41) is 9.54. The molecule has 0 unspecified atom stereocenters. The van der Waals surface area contributed by atoms with Crippen molar-refractivity contribution in [3.05, 3.63) is 56.9 Å². The number of carbonyl (C=O) groups excluding carboxylic acids is 1. The highest BCUT2D eigenvalue weighted by Gasteiger charge is 2.33. The van der Waals surface area contributed by atoms with E-state index in [1.807, 2.05) is 31.2 Å². The van der Waals surface area contributed by atoms with Crippen LogP contribution in [0.2, 0.25) is 0 Å². The average molecular weight is 533 g/mol. The fourth-order valence-corrected chi connectivity index (χ4v) is 4.68. The van der Waals surface area contributed by atoms with Gasteiger partial charge in [0, 0.05) is 6.54 Å². The molecule has 0 aromatic heterocycles. The number of thioether (sulfide) groups is 1. The second-order valence-corrected chi connectivity index (χ2v) is 9.23. The molecule has 0 bridgehead atoms. The summed E-state index contributed by atoms with van der Waals surface area (Å²) in [6.45, 7) is 4.21. The maximum atomic E-state index is 13.2. The molecule has 9 heteroatoms.